The van der Waals surface area contributed by atoms with Gasteiger partial charge in [0.05, 0.1) is 0 Å². The first-order chi connectivity index (χ1) is 7.67. The van der Waals surface area contributed by atoms with Gasteiger partial charge in [0.25, 0.3) is 0 Å². The van der Waals surface area contributed by atoms with E-state index in [0.29, 0.717) is 11.3 Å². The summed E-state index contributed by atoms with van der Waals surface area (Å²) in [7, 11) is 0. The Morgan fingerprint density at radius 1 is 1.38 bits per heavy atom. The summed E-state index contributed by atoms with van der Waals surface area (Å²) in [5.41, 5.74) is 0.697. The summed E-state index contributed by atoms with van der Waals surface area (Å²) in [6, 6.07) is 6.20. The minimum atomic E-state index is -0.418. The molecule has 6 heteroatoms. The van der Waals surface area contributed by atoms with E-state index in [-0.39, 0.29) is 12.3 Å². The number of hydrogen-bond donors (Lipinski definition) is 1. The fourth-order valence-corrected chi connectivity index (χ4v) is 1.12. The van der Waals surface area contributed by atoms with Crippen LogP contribution in [0.25, 0.3) is 0 Å². The number of carbonyl (C=O) groups is 1. The SMILES string of the molecule is CC(=O)Oc1ccc(/C(CN=O)=N/O)cc1. The smallest absolute Gasteiger partial charge is 0.308 e. The van der Waals surface area contributed by atoms with Crippen LogP contribution in [-0.2, 0) is 4.79 Å². The number of nitrogens with zero attached hydrogens (tertiary/aromatic N) is 2. The quantitative estimate of drug-likeness (QED) is 0.209. The molecule has 0 radical (unpaired) electrons. The second-order valence-corrected chi connectivity index (χ2v) is 2.95. The molecule has 84 valence electrons. The molecule has 0 aromatic heterocycles. The molecule has 0 heterocycles. The number of rotatable bonds is 4. The lowest BCUT2D eigenvalue weighted by Gasteiger charge is -2.03. The summed E-state index contributed by atoms with van der Waals surface area (Å²) < 4.78 is 4.82. The van der Waals surface area contributed by atoms with Crippen molar-refractivity contribution >= 4 is 11.7 Å². The fraction of sp³-hybridized carbons (Fsp3) is 0.200. The van der Waals surface area contributed by atoms with Crippen LogP contribution in [-0.4, -0.2) is 23.4 Å². The van der Waals surface area contributed by atoms with Crippen molar-refractivity contribution in [2.24, 2.45) is 10.3 Å². The van der Waals surface area contributed by atoms with E-state index >= 15 is 0 Å². The molecule has 0 fully saturated rings. The highest BCUT2D eigenvalue weighted by Gasteiger charge is 2.05. The van der Waals surface area contributed by atoms with E-state index in [9.17, 15) is 9.70 Å². The van der Waals surface area contributed by atoms with Gasteiger partial charge in [0.15, 0.2) is 0 Å². The molecule has 0 saturated carbocycles. The molecule has 1 aromatic carbocycles. The Hall–Kier alpha value is -2.24. The molecule has 0 aliphatic heterocycles. The van der Waals surface area contributed by atoms with Crippen molar-refractivity contribution in [2.45, 2.75) is 6.92 Å². The van der Waals surface area contributed by atoms with Crippen molar-refractivity contribution < 1.29 is 14.7 Å². The summed E-state index contributed by atoms with van der Waals surface area (Å²) in [5.74, 6) is -0.0361. The molecular weight excluding hydrogens is 212 g/mol. The number of oxime groups is 1. The highest BCUT2D eigenvalue weighted by Crippen LogP contribution is 2.13. The third-order valence-electron chi connectivity index (χ3n) is 1.78. The van der Waals surface area contributed by atoms with Gasteiger partial charge in [-0.2, -0.15) is 4.91 Å². The van der Waals surface area contributed by atoms with Gasteiger partial charge in [-0.25, -0.2) is 0 Å². The zero-order chi connectivity index (χ0) is 12.0. The van der Waals surface area contributed by atoms with Gasteiger partial charge in [-0.05, 0) is 24.3 Å². The average molecular weight is 222 g/mol. The first kappa shape index (κ1) is 11.8. The fourth-order valence-electron chi connectivity index (χ4n) is 1.12. The second kappa shape index (κ2) is 5.59. The molecule has 0 spiro atoms. The van der Waals surface area contributed by atoms with E-state index < -0.39 is 5.97 Å². The van der Waals surface area contributed by atoms with Crippen LogP contribution in [0.3, 0.4) is 0 Å². The summed E-state index contributed by atoms with van der Waals surface area (Å²) in [6.07, 6.45) is 0. The van der Waals surface area contributed by atoms with Crippen LogP contribution in [0.15, 0.2) is 34.6 Å². The van der Waals surface area contributed by atoms with Gasteiger partial charge in [0, 0.05) is 12.5 Å². The summed E-state index contributed by atoms with van der Waals surface area (Å²) >= 11 is 0. The maximum Gasteiger partial charge on any atom is 0.308 e. The first-order valence-electron chi connectivity index (χ1n) is 4.46. The maximum atomic E-state index is 10.6. The lowest BCUT2D eigenvalue weighted by atomic mass is 10.1. The predicted octanol–water partition coefficient (Wildman–Crippen LogP) is 1.56. The summed E-state index contributed by atoms with van der Waals surface area (Å²) in [4.78, 5) is 20.7. The number of hydrogen-bond acceptors (Lipinski definition) is 6. The Morgan fingerprint density at radius 2 is 2.00 bits per heavy atom. The van der Waals surface area contributed by atoms with Crippen molar-refractivity contribution in [3.63, 3.8) is 0 Å². The van der Waals surface area contributed by atoms with Gasteiger partial charge in [0.2, 0.25) is 0 Å². The van der Waals surface area contributed by atoms with Crippen LogP contribution in [0.4, 0.5) is 0 Å². The maximum absolute atomic E-state index is 10.6. The highest BCUT2D eigenvalue weighted by molar-refractivity contribution is 6.01. The minimum Gasteiger partial charge on any atom is -0.427 e. The largest absolute Gasteiger partial charge is 0.427 e. The van der Waals surface area contributed by atoms with Crippen molar-refractivity contribution in [1.82, 2.24) is 0 Å². The molecule has 0 atom stereocenters. The first-order valence-corrected chi connectivity index (χ1v) is 4.46. The van der Waals surface area contributed by atoms with Crippen molar-refractivity contribution in [3.8, 4) is 5.75 Å². The average Bonchev–Trinajstić information content (AvgIpc) is 2.26. The monoisotopic (exact) mass is 222 g/mol. The summed E-state index contributed by atoms with van der Waals surface area (Å²) in [5, 5.41) is 14.2. The minimum absolute atomic E-state index is 0.157. The number of nitroso groups, excluding NO2 is 1. The van der Waals surface area contributed by atoms with Crippen LogP contribution >= 0.6 is 0 Å². The number of ether oxygens (including phenoxy) is 1. The molecule has 0 saturated heterocycles. The Labute approximate surface area is 91.5 Å². The Morgan fingerprint density at radius 3 is 2.44 bits per heavy atom. The molecule has 0 aliphatic rings. The van der Waals surface area contributed by atoms with Crippen LogP contribution in [0, 0.1) is 4.91 Å². The van der Waals surface area contributed by atoms with Gasteiger partial charge < -0.3 is 9.94 Å². The van der Waals surface area contributed by atoms with E-state index in [0.717, 1.165) is 0 Å². The van der Waals surface area contributed by atoms with E-state index in [2.05, 4.69) is 10.3 Å². The van der Waals surface area contributed by atoms with Crippen molar-refractivity contribution in [2.75, 3.05) is 6.54 Å². The summed E-state index contributed by atoms with van der Waals surface area (Å²) in [6.45, 7) is 1.08. The highest BCUT2D eigenvalue weighted by atomic mass is 16.5. The zero-order valence-corrected chi connectivity index (χ0v) is 8.58. The second-order valence-electron chi connectivity index (χ2n) is 2.95. The number of benzene rings is 1. The molecule has 0 aliphatic carbocycles. The number of esters is 1. The van der Waals surface area contributed by atoms with E-state index in [4.69, 9.17) is 9.94 Å². The van der Waals surface area contributed by atoms with E-state index in [1.165, 1.54) is 19.1 Å². The lowest BCUT2D eigenvalue weighted by molar-refractivity contribution is -0.131. The predicted molar refractivity (Wildman–Crippen MR) is 56.7 cm³/mol. The van der Waals surface area contributed by atoms with Gasteiger partial charge in [-0.1, -0.05) is 10.3 Å². The van der Waals surface area contributed by atoms with Gasteiger partial charge in [-0.15, -0.1) is 0 Å². The molecule has 1 rings (SSSR count). The molecule has 16 heavy (non-hydrogen) atoms. The zero-order valence-electron chi connectivity index (χ0n) is 8.58. The van der Waals surface area contributed by atoms with E-state index in [1.807, 2.05) is 0 Å². The molecule has 0 amide bonds. The molecule has 1 N–H and O–H groups in total. The van der Waals surface area contributed by atoms with Gasteiger partial charge >= 0.3 is 5.97 Å². The van der Waals surface area contributed by atoms with Crippen LogP contribution in [0.5, 0.6) is 5.75 Å². The third kappa shape index (κ3) is 3.16. The Bertz CT molecular complexity index is 411. The third-order valence-corrected chi connectivity index (χ3v) is 1.78. The van der Waals surface area contributed by atoms with Crippen molar-refractivity contribution in [1.29, 1.82) is 0 Å². The van der Waals surface area contributed by atoms with Crippen LogP contribution in [0.2, 0.25) is 0 Å². The Kier molecular flexibility index (Phi) is 4.14. The van der Waals surface area contributed by atoms with Gasteiger partial charge in [-0.3, -0.25) is 4.79 Å². The molecule has 0 bridgehead atoms. The Balaban J connectivity index is 2.85. The molecule has 6 nitrogen and oxygen atoms in total. The topological polar surface area (TPSA) is 88.3 Å². The standard InChI is InChI=1S/C10H10N2O4/c1-7(13)16-9-4-2-8(3-5-9)10(12-15)6-11-14/h2-5,15H,6H2,1H3/b12-10+. The van der Waals surface area contributed by atoms with E-state index in [1.54, 1.807) is 12.1 Å². The number of carbonyl (C=O) groups excluding carboxylic acids is 1. The normalized spacial score (nSPS) is 10.9. The van der Waals surface area contributed by atoms with Crippen LogP contribution < -0.4 is 4.74 Å². The lowest BCUT2D eigenvalue weighted by Crippen LogP contribution is -2.05. The molecule has 0 unspecified atom stereocenters. The van der Waals surface area contributed by atoms with Gasteiger partial charge in [0.1, 0.15) is 18.0 Å². The molecule has 1 aromatic rings. The van der Waals surface area contributed by atoms with Crippen molar-refractivity contribution in [3.05, 3.63) is 34.7 Å². The molecular formula is C10H10N2O4. The van der Waals surface area contributed by atoms with Crippen LogP contribution in [0.1, 0.15) is 12.5 Å².